The first-order valence-electron chi connectivity index (χ1n) is 9.58. The number of hydrogen-bond donors (Lipinski definition) is 2. The molecule has 28 heavy (non-hydrogen) atoms. The molecule has 2 aliphatic rings. The van der Waals surface area contributed by atoms with Gasteiger partial charge in [0.05, 0.1) is 11.8 Å². The molecule has 0 amide bonds. The highest BCUT2D eigenvalue weighted by Crippen LogP contribution is 2.42. The van der Waals surface area contributed by atoms with Gasteiger partial charge in [0, 0.05) is 0 Å². The minimum absolute atomic E-state index is 0.0463. The molecule has 2 aliphatic carbocycles. The highest BCUT2D eigenvalue weighted by atomic mass is 16.3. The largest absolute Gasteiger partial charge is 0.378 e. The minimum Gasteiger partial charge on any atom is -0.378 e. The predicted molar refractivity (Wildman–Crippen MR) is 116 cm³/mol. The van der Waals surface area contributed by atoms with E-state index in [2.05, 4.69) is 72.3 Å². The lowest BCUT2D eigenvalue weighted by atomic mass is 9.78. The Morgan fingerprint density at radius 2 is 1.07 bits per heavy atom. The summed E-state index contributed by atoms with van der Waals surface area (Å²) in [5, 5.41) is 22.4. The van der Waals surface area contributed by atoms with Gasteiger partial charge in [0.15, 0.2) is 0 Å². The Morgan fingerprint density at radius 3 is 1.43 bits per heavy atom. The van der Waals surface area contributed by atoms with E-state index in [9.17, 15) is 10.2 Å². The zero-order valence-corrected chi connectivity index (χ0v) is 16.7. The summed E-state index contributed by atoms with van der Waals surface area (Å²) in [7, 11) is 0. The molecule has 0 heterocycles. The van der Waals surface area contributed by atoms with E-state index >= 15 is 0 Å². The van der Waals surface area contributed by atoms with Crippen molar-refractivity contribution in [2.45, 2.75) is 50.7 Å². The van der Waals surface area contributed by atoms with Crippen LogP contribution >= 0.6 is 0 Å². The van der Waals surface area contributed by atoms with Gasteiger partial charge >= 0.3 is 0 Å². The molecule has 2 aromatic rings. The van der Waals surface area contributed by atoms with Gasteiger partial charge in [-0.3, -0.25) is 0 Å². The maximum absolute atomic E-state index is 9.99. The molecule has 0 saturated carbocycles. The molecule has 2 nitrogen and oxygen atoms in total. The number of rotatable bonds is 0. The first-order valence-corrected chi connectivity index (χ1v) is 9.58. The average molecular weight is 368 g/mol. The standard InChI is InChI=1S/C26H24O2/c1-25(2,27)15-13-17-5-7-19-9-10-20-8-6-18(14-16-26(3,4)28)22-12-11-21(17)23(19)24(20)22/h5-12,17-18,27-28H,1-4H3/t17-,18-/m1/s1. The molecule has 0 bridgehead atoms. The van der Waals surface area contributed by atoms with Crippen LogP contribution in [-0.2, 0) is 0 Å². The lowest BCUT2D eigenvalue weighted by Gasteiger charge is -2.25. The van der Waals surface area contributed by atoms with Crippen LogP contribution in [0.15, 0.2) is 36.4 Å². The zero-order chi connectivity index (χ0) is 20.1. The van der Waals surface area contributed by atoms with E-state index in [4.69, 9.17) is 0 Å². The van der Waals surface area contributed by atoms with Crippen LogP contribution in [-0.4, -0.2) is 21.4 Å². The summed E-state index contributed by atoms with van der Waals surface area (Å²) in [6, 6.07) is 8.56. The van der Waals surface area contributed by atoms with Gasteiger partial charge in [0.1, 0.15) is 11.2 Å². The molecular weight excluding hydrogens is 344 g/mol. The molecule has 0 aromatic heterocycles. The summed E-state index contributed by atoms with van der Waals surface area (Å²) in [5.41, 5.74) is 2.67. The number of benzene rings is 2. The molecule has 0 saturated heterocycles. The Hall–Kier alpha value is -2.78. The summed E-state index contributed by atoms with van der Waals surface area (Å²) in [6.45, 7) is 6.80. The highest BCUT2D eigenvalue weighted by Gasteiger charge is 2.24. The fourth-order valence-electron chi connectivity index (χ4n) is 3.77. The van der Waals surface area contributed by atoms with Crippen molar-refractivity contribution < 1.29 is 10.2 Å². The number of hydrogen-bond acceptors (Lipinski definition) is 2. The van der Waals surface area contributed by atoms with Gasteiger partial charge in [0.25, 0.3) is 0 Å². The van der Waals surface area contributed by atoms with E-state index in [1.54, 1.807) is 27.7 Å². The normalized spacial score (nSPS) is 19.6. The van der Waals surface area contributed by atoms with Crippen LogP contribution in [0.3, 0.4) is 0 Å². The van der Waals surface area contributed by atoms with Gasteiger partial charge in [-0.05, 0) is 60.7 Å². The van der Waals surface area contributed by atoms with E-state index in [0.29, 0.717) is 0 Å². The first-order chi connectivity index (χ1) is 13.1. The summed E-state index contributed by atoms with van der Waals surface area (Å²) in [6.07, 6.45) is 8.44. The van der Waals surface area contributed by atoms with Crippen LogP contribution < -0.4 is 0 Å². The fourth-order valence-corrected chi connectivity index (χ4v) is 3.77. The molecule has 4 rings (SSSR count). The number of aliphatic hydroxyl groups is 2. The third-order valence-corrected chi connectivity index (χ3v) is 4.96. The van der Waals surface area contributed by atoms with E-state index in [1.807, 2.05) is 0 Å². The van der Waals surface area contributed by atoms with E-state index < -0.39 is 11.2 Å². The lowest BCUT2D eigenvalue weighted by Crippen LogP contribution is -2.15. The molecular formula is C26H24O2. The van der Waals surface area contributed by atoms with Gasteiger partial charge in [0.2, 0.25) is 0 Å². The molecule has 2 aromatic carbocycles. The minimum atomic E-state index is -1.01. The molecule has 0 spiro atoms. The van der Waals surface area contributed by atoms with Crippen molar-refractivity contribution in [2.75, 3.05) is 0 Å². The zero-order valence-electron chi connectivity index (χ0n) is 16.7. The Balaban J connectivity index is 1.90. The third-order valence-electron chi connectivity index (χ3n) is 4.96. The molecule has 2 atom stereocenters. The van der Waals surface area contributed by atoms with Crippen molar-refractivity contribution in [1.82, 2.24) is 0 Å². The van der Waals surface area contributed by atoms with Crippen LogP contribution in [0, 0.1) is 23.7 Å². The van der Waals surface area contributed by atoms with Crippen molar-refractivity contribution in [2.24, 2.45) is 0 Å². The van der Waals surface area contributed by atoms with Gasteiger partial charge in [-0.25, -0.2) is 0 Å². The van der Waals surface area contributed by atoms with E-state index in [-0.39, 0.29) is 11.8 Å². The molecule has 0 unspecified atom stereocenters. The van der Waals surface area contributed by atoms with E-state index in [0.717, 1.165) is 0 Å². The highest BCUT2D eigenvalue weighted by molar-refractivity contribution is 6.04. The van der Waals surface area contributed by atoms with Crippen LogP contribution in [0.25, 0.3) is 22.9 Å². The van der Waals surface area contributed by atoms with Crippen molar-refractivity contribution in [3.63, 3.8) is 0 Å². The van der Waals surface area contributed by atoms with E-state index in [1.165, 1.54) is 33.0 Å². The van der Waals surface area contributed by atoms with Gasteiger partial charge in [-0.2, -0.15) is 0 Å². The second-order valence-corrected chi connectivity index (χ2v) is 8.57. The quantitative estimate of drug-likeness (QED) is 0.667. The van der Waals surface area contributed by atoms with Crippen molar-refractivity contribution in [3.8, 4) is 23.7 Å². The molecule has 2 heteroatoms. The van der Waals surface area contributed by atoms with Crippen molar-refractivity contribution in [1.29, 1.82) is 0 Å². The van der Waals surface area contributed by atoms with Crippen LogP contribution in [0.2, 0.25) is 0 Å². The Bertz CT molecular complexity index is 1050. The van der Waals surface area contributed by atoms with Gasteiger partial charge in [-0.1, -0.05) is 72.3 Å². The smallest absolute Gasteiger partial charge is 0.119 e. The van der Waals surface area contributed by atoms with Gasteiger partial charge in [-0.15, -0.1) is 0 Å². The maximum atomic E-state index is 9.99. The van der Waals surface area contributed by atoms with Crippen molar-refractivity contribution in [3.05, 3.63) is 58.7 Å². The van der Waals surface area contributed by atoms with Crippen LogP contribution in [0.1, 0.15) is 61.8 Å². The Morgan fingerprint density at radius 1 is 0.679 bits per heavy atom. The molecule has 140 valence electrons. The van der Waals surface area contributed by atoms with Crippen molar-refractivity contribution >= 4 is 22.9 Å². The summed E-state index contributed by atoms with van der Waals surface area (Å²) in [5.74, 6) is 12.3. The molecule has 0 radical (unpaired) electrons. The monoisotopic (exact) mass is 368 g/mol. The molecule has 2 N–H and O–H groups in total. The molecule has 0 aliphatic heterocycles. The van der Waals surface area contributed by atoms with Gasteiger partial charge < -0.3 is 10.2 Å². The maximum Gasteiger partial charge on any atom is 0.119 e. The summed E-state index contributed by atoms with van der Waals surface area (Å²) >= 11 is 0. The third kappa shape index (κ3) is 3.50. The number of allylic oxidation sites excluding steroid dienone is 2. The predicted octanol–water partition coefficient (Wildman–Crippen LogP) is 4.61. The summed E-state index contributed by atoms with van der Waals surface area (Å²) in [4.78, 5) is 0. The Kier molecular flexibility index (Phi) is 4.24. The first kappa shape index (κ1) is 18.6. The second-order valence-electron chi connectivity index (χ2n) is 8.57. The average Bonchev–Trinajstić information content (AvgIpc) is 2.62. The SMILES string of the molecule is CC(C)(O)C#C[C@H]1C=Cc2ccc3c4c(ccc1c24)[C@@H](C#CC(C)(C)O)C=C3. The topological polar surface area (TPSA) is 40.5 Å². The Labute approximate surface area is 166 Å². The summed E-state index contributed by atoms with van der Waals surface area (Å²) < 4.78 is 0. The molecule has 0 fully saturated rings. The van der Waals surface area contributed by atoms with Crippen LogP contribution in [0.4, 0.5) is 0 Å². The lowest BCUT2D eigenvalue weighted by molar-refractivity contribution is 0.143. The second kappa shape index (κ2) is 6.39. The van der Waals surface area contributed by atoms with Crippen LogP contribution in [0.5, 0.6) is 0 Å². The fraction of sp³-hybridized carbons (Fsp3) is 0.308.